The van der Waals surface area contributed by atoms with Crippen LogP contribution in [0.15, 0.2) is 12.2 Å². The van der Waals surface area contributed by atoms with Gasteiger partial charge >= 0.3 is 19.8 Å². The van der Waals surface area contributed by atoms with Crippen LogP contribution in [0.2, 0.25) is 0 Å². The number of ether oxygens (including phenoxy) is 2. The molecule has 1 N–H and O–H groups in total. The number of carbonyl (C=O) groups is 2. The molecular formula is C64H127NO8P+. The molecular weight excluding hydrogens is 942 g/mol. The number of rotatable bonds is 61. The summed E-state index contributed by atoms with van der Waals surface area (Å²) in [4.78, 5) is 35.7. The van der Waals surface area contributed by atoms with Gasteiger partial charge in [-0.2, -0.15) is 0 Å². The van der Waals surface area contributed by atoms with Gasteiger partial charge < -0.3 is 18.9 Å². The number of hydrogen-bond acceptors (Lipinski definition) is 7. The van der Waals surface area contributed by atoms with Gasteiger partial charge in [0, 0.05) is 12.8 Å². The quantitative estimate of drug-likeness (QED) is 0.0211. The Kier molecular flexibility index (Phi) is 55.5. The first kappa shape index (κ1) is 72.8. The number of likely N-dealkylation sites (N-methyl/N-ethyl adjacent to an activating group) is 1. The summed E-state index contributed by atoms with van der Waals surface area (Å²) in [5, 5.41) is 0. The maximum Gasteiger partial charge on any atom is 0.472 e. The average molecular weight is 1070 g/mol. The molecule has 0 aromatic heterocycles. The van der Waals surface area contributed by atoms with E-state index >= 15 is 0 Å². The first-order valence-electron chi connectivity index (χ1n) is 32.4. The van der Waals surface area contributed by atoms with Crippen molar-refractivity contribution in [3.05, 3.63) is 12.2 Å². The Morgan fingerprint density at radius 2 is 0.689 bits per heavy atom. The van der Waals surface area contributed by atoms with E-state index in [1.54, 1.807) is 0 Å². The molecule has 0 saturated carbocycles. The third kappa shape index (κ3) is 60.0. The standard InChI is InChI=1S/C64H126NO8P/c1-6-8-10-12-14-16-18-20-22-24-25-26-27-28-29-30-31-32-33-34-35-36-37-38-39-41-43-45-47-49-51-53-55-57-64(67)73-62(61-72-74(68,69)71-59-58-65(3,4)5)60-70-63(66)56-54-52-50-48-46-44-42-40-23-21-19-17-15-13-11-9-7-2/h24-25,62H,6-23,26-61H2,1-5H3/p+1/b25-24-. The van der Waals surface area contributed by atoms with Crippen LogP contribution in [0.25, 0.3) is 0 Å². The fraction of sp³-hybridized carbons (Fsp3) is 0.938. The second kappa shape index (κ2) is 56.5. The van der Waals surface area contributed by atoms with Crippen LogP contribution < -0.4 is 0 Å². The summed E-state index contributed by atoms with van der Waals surface area (Å²) in [6.45, 7) is 4.50. The third-order valence-corrected chi connectivity index (χ3v) is 15.8. The highest BCUT2D eigenvalue weighted by molar-refractivity contribution is 7.47. The summed E-state index contributed by atoms with van der Waals surface area (Å²) in [5.41, 5.74) is 0. The maximum absolute atomic E-state index is 12.8. The van der Waals surface area contributed by atoms with Crippen molar-refractivity contribution < 1.29 is 42.1 Å². The normalized spacial score (nSPS) is 13.2. The molecule has 2 atom stereocenters. The van der Waals surface area contributed by atoms with Crippen molar-refractivity contribution in [1.29, 1.82) is 0 Å². The number of nitrogens with zero attached hydrogens (tertiary/aromatic N) is 1. The highest BCUT2D eigenvalue weighted by atomic mass is 31.2. The summed E-state index contributed by atoms with van der Waals surface area (Å²) in [6.07, 6.45) is 67.4. The van der Waals surface area contributed by atoms with Crippen molar-refractivity contribution in [2.75, 3.05) is 47.5 Å². The Morgan fingerprint density at radius 1 is 0.405 bits per heavy atom. The Morgan fingerprint density at radius 3 is 1.00 bits per heavy atom. The Bertz CT molecular complexity index is 1260. The van der Waals surface area contributed by atoms with Gasteiger partial charge in [0.2, 0.25) is 0 Å². The van der Waals surface area contributed by atoms with E-state index in [9.17, 15) is 19.0 Å². The molecule has 0 spiro atoms. The maximum atomic E-state index is 12.8. The molecule has 0 aromatic carbocycles. The topological polar surface area (TPSA) is 108 Å². The summed E-state index contributed by atoms with van der Waals surface area (Å²) in [5.74, 6) is -0.774. The molecule has 0 rings (SSSR count). The summed E-state index contributed by atoms with van der Waals surface area (Å²) in [7, 11) is 1.50. The molecule has 74 heavy (non-hydrogen) atoms. The van der Waals surface area contributed by atoms with Crippen LogP contribution in [0.5, 0.6) is 0 Å². The van der Waals surface area contributed by atoms with E-state index in [0.717, 1.165) is 38.5 Å². The fourth-order valence-corrected chi connectivity index (χ4v) is 10.5. The van der Waals surface area contributed by atoms with E-state index in [4.69, 9.17) is 18.5 Å². The second-order valence-corrected chi connectivity index (χ2v) is 25.0. The van der Waals surface area contributed by atoms with Gasteiger partial charge in [0.15, 0.2) is 6.10 Å². The predicted octanol–water partition coefficient (Wildman–Crippen LogP) is 20.4. The lowest BCUT2D eigenvalue weighted by Gasteiger charge is -2.24. The minimum absolute atomic E-state index is 0.0366. The second-order valence-electron chi connectivity index (χ2n) is 23.5. The molecule has 0 heterocycles. The Hall–Kier alpha value is -1.25. The van der Waals surface area contributed by atoms with Crippen molar-refractivity contribution in [3.8, 4) is 0 Å². The Balaban J connectivity index is 3.96. The molecule has 2 unspecified atom stereocenters. The van der Waals surface area contributed by atoms with Crippen LogP contribution in [0, 0.1) is 0 Å². The number of carbonyl (C=O) groups excluding carboxylic acids is 2. The first-order valence-corrected chi connectivity index (χ1v) is 33.9. The zero-order valence-corrected chi connectivity index (χ0v) is 51.0. The number of allylic oxidation sites excluding steroid dienone is 2. The van der Waals surface area contributed by atoms with Crippen molar-refractivity contribution in [3.63, 3.8) is 0 Å². The van der Waals surface area contributed by atoms with Crippen LogP contribution >= 0.6 is 7.82 Å². The van der Waals surface area contributed by atoms with Gasteiger partial charge in [-0.15, -0.1) is 0 Å². The molecule has 0 aliphatic rings. The molecule has 0 aliphatic heterocycles. The van der Waals surface area contributed by atoms with Gasteiger partial charge in [-0.3, -0.25) is 18.6 Å². The van der Waals surface area contributed by atoms with Crippen molar-refractivity contribution in [2.45, 2.75) is 341 Å². The fourth-order valence-electron chi connectivity index (χ4n) is 9.78. The molecule has 440 valence electrons. The van der Waals surface area contributed by atoms with Crippen LogP contribution in [-0.2, 0) is 32.7 Å². The minimum atomic E-state index is -4.38. The predicted molar refractivity (Wildman–Crippen MR) is 317 cm³/mol. The average Bonchev–Trinajstić information content (AvgIpc) is 3.36. The summed E-state index contributed by atoms with van der Waals surface area (Å²) in [6, 6.07) is 0. The highest BCUT2D eigenvalue weighted by Gasteiger charge is 2.27. The number of quaternary nitrogens is 1. The molecule has 0 saturated heterocycles. The number of phosphoric acid groups is 1. The van der Waals surface area contributed by atoms with Gasteiger partial charge in [0.05, 0.1) is 27.7 Å². The molecule has 0 radical (unpaired) electrons. The monoisotopic (exact) mass is 1070 g/mol. The van der Waals surface area contributed by atoms with Crippen molar-refractivity contribution in [2.24, 2.45) is 0 Å². The summed E-state index contributed by atoms with van der Waals surface area (Å²) < 4.78 is 34.6. The number of phosphoric ester groups is 1. The van der Waals surface area contributed by atoms with E-state index in [-0.39, 0.29) is 25.6 Å². The molecule has 10 heteroatoms. The largest absolute Gasteiger partial charge is 0.472 e. The lowest BCUT2D eigenvalue weighted by atomic mass is 10.0. The number of hydrogen-bond donors (Lipinski definition) is 1. The number of unbranched alkanes of at least 4 members (excludes halogenated alkanes) is 45. The van der Waals surface area contributed by atoms with Gasteiger partial charge in [-0.05, 0) is 38.5 Å². The van der Waals surface area contributed by atoms with E-state index in [1.807, 2.05) is 21.1 Å². The van der Waals surface area contributed by atoms with Gasteiger partial charge in [0.25, 0.3) is 0 Å². The van der Waals surface area contributed by atoms with Gasteiger partial charge in [0.1, 0.15) is 19.8 Å². The van der Waals surface area contributed by atoms with E-state index in [1.165, 1.54) is 270 Å². The molecule has 0 bridgehead atoms. The van der Waals surface area contributed by atoms with E-state index in [0.29, 0.717) is 17.4 Å². The minimum Gasteiger partial charge on any atom is -0.462 e. The molecule has 0 aliphatic carbocycles. The number of esters is 2. The van der Waals surface area contributed by atoms with Gasteiger partial charge in [-0.1, -0.05) is 296 Å². The third-order valence-electron chi connectivity index (χ3n) is 14.8. The Labute approximate surface area is 460 Å². The molecule has 0 aromatic rings. The van der Waals surface area contributed by atoms with Crippen LogP contribution in [0.1, 0.15) is 335 Å². The van der Waals surface area contributed by atoms with Crippen LogP contribution in [-0.4, -0.2) is 74.9 Å². The zero-order valence-electron chi connectivity index (χ0n) is 50.1. The highest BCUT2D eigenvalue weighted by Crippen LogP contribution is 2.43. The molecule has 9 nitrogen and oxygen atoms in total. The van der Waals surface area contributed by atoms with Crippen molar-refractivity contribution >= 4 is 19.8 Å². The smallest absolute Gasteiger partial charge is 0.462 e. The van der Waals surface area contributed by atoms with Crippen LogP contribution in [0.3, 0.4) is 0 Å². The molecule has 0 fully saturated rings. The van der Waals surface area contributed by atoms with Crippen molar-refractivity contribution in [1.82, 2.24) is 0 Å². The van der Waals surface area contributed by atoms with Crippen LogP contribution in [0.4, 0.5) is 0 Å². The zero-order chi connectivity index (χ0) is 54.2. The first-order chi connectivity index (χ1) is 36.0. The SMILES string of the molecule is CCCCCCCCCC/C=C\CCCCCCCCCCCCCCCCCCCCCCCC(=O)OC(COC(=O)CCCCCCCCCCCCCCCCCCC)COP(=O)(O)OCC[N+](C)(C)C. The summed E-state index contributed by atoms with van der Waals surface area (Å²) >= 11 is 0. The van der Waals surface area contributed by atoms with Gasteiger partial charge in [-0.25, -0.2) is 4.57 Å². The lowest BCUT2D eigenvalue weighted by Crippen LogP contribution is -2.37. The molecule has 0 amide bonds. The lowest BCUT2D eigenvalue weighted by molar-refractivity contribution is -0.870. The van der Waals surface area contributed by atoms with E-state index in [2.05, 4.69) is 26.0 Å². The van der Waals surface area contributed by atoms with E-state index < -0.39 is 26.5 Å².